The van der Waals surface area contributed by atoms with Gasteiger partial charge in [0.2, 0.25) is 0 Å². The molecule has 0 fully saturated rings. The molecule has 0 aromatic heterocycles. The molecular formula is C14H14N2S2. The molecule has 0 unspecified atom stereocenters. The van der Waals surface area contributed by atoms with Crippen LogP contribution < -0.4 is 11.1 Å². The minimum absolute atomic E-state index is 0.286. The highest BCUT2D eigenvalue weighted by molar-refractivity contribution is 7.99. The van der Waals surface area contributed by atoms with Gasteiger partial charge in [0.1, 0.15) is 0 Å². The summed E-state index contributed by atoms with van der Waals surface area (Å²) in [4.78, 5) is 2.42. The van der Waals surface area contributed by atoms with Gasteiger partial charge in [-0.1, -0.05) is 29.5 Å². The Morgan fingerprint density at radius 2 is 1.50 bits per heavy atom. The van der Waals surface area contributed by atoms with E-state index in [1.165, 1.54) is 15.4 Å². The van der Waals surface area contributed by atoms with Crippen molar-refractivity contribution in [3.8, 4) is 0 Å². The van der Waals surface area contributed by atoms with Gasteiger partial charge in [0, 0.05) is 15.5 Å². The molecule has 92 valence electrons. The van der Waals surface area contributed by atoms with Gasteiger partial charge >= 0.3 is 0 Å². The highest BCUT2D eigenvalue weighted by Gasteiger charge is 1.98. The van der Waals surface area contributed by atoms with E-state index < -0.39 is 0 Å². The molecule has 2 aromatic rings. The second-order valence-corrected chi connectivity index (χ2v) is 5.52. The number of nitrogens with one attached hydrogen (secondary N) is 1. The Hall–Kier alpha value is -1.52. The number of anilines is 1. The lowest BCUT2D eigenvalue weighted by molar-refractivity contribution is 1.36. The van der Waals surface area contributed by atoms with Crippen molar-refractivity contribution in [1.82, 2.24) is 0 Å². The molecule has 0 heterocycles. The molecule has 2 aromatic carbocycles. The first-order valence-electron chi connectivity index (χ1n) is 5.54. The number of benzene rings is 2. The smallest absolute Gasteiger partial charge is 0.168 e. The highest BCUT2D eigenvalue weighted by Crippen LogP contribution is 2.28. The first-order chi connectivity index (χ1) is 8.63. The monoisotopic (exact) mass is 274 g/mol. The van der Waals surface area contributed by atoms with Crippen molar-refractivity contribution in [2.24, 2.45) is 5.73 Å². The fourth-order valence-corrected chi connectivity index (χ4v) is 2.43. The van der Waals surface area contributed by atoms with Crippen LogP contribution in [0.2, 0.25) is 0 Å². The van der Waals surface area contributed by atoms with Crippen LogP contribution in [0.3, 0.4) is 0 Å². The first-order valence-corrected chi connectivity index (χ1v) is 6.77. The molecule has 4 heteroatoms. The molecule has 0 atom stereocenters. The Morgan fingerprint density at radius 1 is 1.00 bits per heavy atom. The summed E-state index contributed by atoms with van der Waals surface area (Å²) in [5.74, 6) is 0. The van der Waals surface area contributed by atoms with Gasteiger partial charge in [-0.15, -0.1) is 0 Å². The van der Waals surface area contributed by atoms with E-state index in [2.05, 4.69) is 36.5 Å². The molecule has 0 aliphatic carbocycles. The summed E-state index contributed by atoms with van der Waals surface area (Å²) in [6.07, 6.45) is 0. The van der Waals surface area contributed by atoms with Gasteiger partial charge in [-0.05, 0) is 55.5 Å². The normalized spacial score (nSPS) is 10.1. The Kier molecular flexibility index (Phi) is 4.23. The average Bonchev–Trinajstić information content (AvgIpc) is 2.34. The molecule has 0 aliphatic heterocycles. The van der Waals surface area contributed by atoms with Crippen LogP contribution in [0, 0.1) is 6.92 Å². The van der Waals surface area contributed by atoms with Gasteiger partial charge in [0.15, 0.2) is 5.11 Å². The van der Waals surface area contributed by atoms with Crippen LogP contribution in [-0.4, -0.2) is 5.11 Å². The van der Waals surface area contributed by atoms with Crippen molar-refractivity contribution < 1.29 is 0 Å². The second kappa shape index (κ2) is 5.89. The molecule has 2 nitrogen and oxygen atoms in total. The molecule has 3 N–H and O–H groups in total. The Balaban J connectivity index is 2.06. The predicted molar refractivity (Wildman–Crippen MR) is 82.2 cm³/mol. The Bertz CT molecular complexity index is 533. The lowest BCUT2D eigenvalue weighted by atomic mass is 10.2. The Labute approximate surface area is 117 Å². The summed E-state index contributed by atoms with van der Waals surface area (Å²) in [5, 5.41) is 3.19. The van der Waals surface area contributed by atoms with Crippen molar-refractivity contribution in [3.05, 3.63) is 54.1 Å². The molecule has 18 heavy (non-hydrogen) atoms. The lowest BCUT2D eigenvalue weighted by Crippen LogP contribution is -2.18. The van der Waals surface area contributed by atoms with Crippen molar-refractivity contribution in [2.45, 2.75) is 16.7 Å². The molecule has 0 radical (unpaired) electrons. The van der Waals surface area contributed by atoms with E-state index in [1.54, 1.807) is 11.8 Å². The topological polar surface area (TPSA) is 38.0 Å². The van der Waals surface area contributed by atoms with E-state index in [1.807, 2.05) is 24.3 Å². The number of rotatable bonds is 3. The Morgan fingerprint density at radius 3 is 2.00 bits per heavy atom. The molecule has 0 bridgehead atoms. The maximum Gasteiger partial charge on any atom is 0.168 e. The summed E-state index contributed by atoms with van der Waals surface area (Å²) in [6.45, 7) is 2.09. The zero-order chi connectivity index (χ0) is 13.0. The third kappa shape index (κ3) is 3.75. The van der Waals surface area contributed by atoms with Crippen LogP contribution in [-0.2, 0) is 0 Å². The molecule has 0 amide bonds. The summed E-state index contributed by atoms with van der Waals surface area (Å²) in [6, 6.07) is 16.5. The van der Waals surface area contributed by atoms with Gasteiger partial charge in [-0.3, -0.25) is 0 Å². The van der Waals surface area contributed by atoms with Crippen LogP contribution in [0.15, 0.2) is 58.3 Å². The predicted octanol–water partition coefficient (Wildman–Crippen LogP) is 3.80. The van der Waals surface area contributed by atoms with Crippen LogP contribution in [0.5, 0.6) is 0 Å². The molecule has 0 spiro atoms. The fraction of sp³-hybridized carbons (Fsp3) is 0.0714. The average molecular weight is 274 g/mol. The SMILES string of the molecule is Cc1ccc(Sc2ccc(NC(N)=S)cc2)cc1. The highest BCUT2D eigenvalue weighted by atomic mass is 32.2. The van der Waals surface area contributed by atoms with E-state index in [-0.39, 0.29) is 5.11 Å². The third-order valence-electron chi connectivity index (χ3n) is 2.38. The van der Waals surface area contributed by atoms with Gasteiger partial charge in [0.25, 0.3) is 0 Å². The number of aryl methyl sites for hydroxylation is 1. The van der Waals surface area contributed by atoms with Crippen molar-refractivity contribution in [3.63, 3.8) is 0 Å². The second-order valence-electron chi connectivity index (χ2n) is 3.93. The van der Waals surface area contributed by atoms with Crippen molar-refractivity contribution in [2.75, 3.05) is 5.32 Å². The number of hydrogen-bond acceptors (Lipinski definition) is 2. The molecule has 0 aliphatic rings. The molecule has 2 rings (SSSR count). The van der Waals surface area contributed by atoms with Gasteiger partial charge in [0.05, 0.1) is 0 Å². The summed E-state index contributed by atoms with van der Waals surface area (Å²) >= 11 is 6.52. The van der Waals surface area contributed by atoms with E-state index in [4.69, 9.17) is 18.0 Å². The first kappa shape index (κ1) is 12.9. The zero-order valence-electron chi connectivity index (χ0n) is 10.0. The minimum atomic E-state index is 0.286. The largest absolute Gasteiger partial charge is 0.376 e. The van der Waals surface area contributed by atoms with Crippen LogP contribution in [0.1, 0.15) is 5.56 Å². The number of thiocarbonyl (C=S) groups is 1. The summed E-state index contributed by atoms with van der Waals surface area (Å²) in [7, 11) is 0. The maximum absolute atomic E-state index is 5.42. The van der Waals surface area contributed by atoms with Crippen LogP contribution in [0.4, 0.5) is 5.69 Å². The van der Waals surface area contributed by atoms with E-state index in [9.17, 15) is 0 Å². The van der Waals surface area contributed by atoms with Crippen molar-refractivity contribution in [1.29, 1.82) is 0 Å². The quantitative estimate of drug-likeness (QED) is 0.835. The third-order valence-corrected chi connectivity index (χ3v) is 3.50. The van der Waals surface area contributed by atoms with Crippen LogP contribution in [0.25, 0.3) is 0 Å². The van der Waals surface area contributed by atoms with E-state index in [0.29, 0.717) is 0 Å². The standard InChI is InChI=1S/C14H14N2S2/c1-10-2-6-12(7-3-10)18-13-8-4-11(5-9-13)16-14(15)17/h2-9H,1H3,(H3,15,16,17). The fourth-order valence-electron chi connectivity index (χ4n) is 1.49. The van der Waals surface area contributed by atoms with Gasteiger partial charge in [-0.25, -0.2) is 0 Å². The number of nitrogens with two attached hydrogens (primary N) is 1. The number of hydrogen-bond donors (Lipinski definition) is 2. The maximum atomic E-state index is 5.42. The molecule has 0 saturated heterocycles. The summed E-state index contributed by atoms with van der Waals surface area (Å²) < 4.78 is 0. The van der Waals surface area contributed by atoms with E-state index >= 15 is 0 Å². The summed E-state index contributed by atoms with van der Waals surface area (Å²) in [5.41, 5.74) is 7.60. The van der Waals surface area contributed by atoms with Gasteiger partial charge < -0.3 is 11.1 Å². The van der Waals surface area contributed by atoms with Crippen molar-refractivity contribution >= 4 is 34.8 Å². The van der Waals surface area contributed by atoms with Crippen LogP contribution >= 0.6 is 24.0 Å². The minimum Gasteiger partial charge on any atom is -0.376 e. The zero-order valence-corrected chi connectivity index (χ0v) is 11.6. The van der Waals surface area contributed by atoms with E-state index in [0.717, 1.165) is 5.69 Å². The lowest BCUT2D eigenvalue weighted by Gasteiger charge is -2.05. The molecule has 0 saturated carbocycles. The van der Waals surface area contributed by atoms with Gasteiger partial charge in [-0.2, -0.15) is 0 Å². The molecular weight excluding hydrogens is 260 g/mol.